The Morgan fingerprint density at radius 3 is 2.75 bits per heavy atom. The summed E-state index contributed by atoms with van der Waals surface area (Å²) >= 11 is 6.58. The number of carbonyl (C=O) groups excluding carboxylic acids is 1. The van der Waals surface area contributed by atoms with Crippen molar-refractivity contribution in [1.29, 1.82) is 0 Å². The fourth-order valence-electron chi connectivity index (χ4n) is 2.99. The number of aliphatic carboxylic acids is 1. The Hall–Kier alpha value is -1.87. The van der Waals surface area contributed by atoms with E-state index >= 15 is 0 Å². The molecule has 0 bridgehead atoms. The molecular weight excluding hydrogens is 400 g/mol. The molecule has 1 unspecified atom stereocenters. The van der Waals surface area contributed by atoms with Crippen molar-refractivity contribution in [2.24, 2.45) is 5.92 Å². The van der Waals surface area contributed by atoms with Crippen molar-refractivity contribution in [3.8, 4) is 5.88 Å². The molecule has 156 valence electrons. The summed E-state index contributed by atoms with van der Waals surface area (Å²) in [5.41, 5.74) is -0.517. The lowest BCUT2D eigenvalue weighted by atomic mass is 9.98. The third-order valence-electron chi connectivity index (χ3n) is 4.30. The Kier molecular flexibility index (Phi) is 7.65. The zero-order valence-corrected chi connectivity index (χ0v) is 18.1. The second-order valence-electron chi connectivity index (χ2n) is 7.89. The summed E-state index contributed by atoms with van der Waals surface area (Å²) < 4.78 is 7.53. The zero-order chi connectivity index (χ0) is 20.9. The van der Waals surface area contributed by atoms with Crippen LogP contribution >= 0.6 is 23.6 Å². The number of nitrogens with zero attached hydrogens (tertiary/aromatic N) is 2. The van der Waals surface area contributed by atoms with E-state index in [0.29, 0.717) is 34.9 Å². The lowest BCUT2D eigenvalue weighted by Gasteiger charge is -2.33. The van der Waals surface area contributed by atoms with Crippen molar-refractivity contribution in [2.45, 2.75) is 58.6 Å². The number of carboxylic acid groups (broad SMARTS) is 1. The molecule has 2 N–H and O–H groups in total. The predicted molar refractivity (Wildman–Crippen MR) is 111 cm³/mol. The van der Waals surface area contributed by atoms with Crippen LogP contribution in [-0.4, -0.2) is 50.4 Å². The highest BCUT2D eigenvalue weighted by molar-refractivity contribution is 7.73. The third-order valence-corrected chi connectivity index (χ3v) is 5.70. The van der Waals surface area contributed by atoms with E-state index in [2.05, 4.69) is 0 Å². The largest absolute Gasteiger partial charge is 0.493 e. The van der Waals surface area contributed by atoms with Crippen molar-refractivity contribution in [3.63, 3.8) is 0 Å². The maximum atomic E-state index is 12.3. The van der Waals surface area contributed by atoms with Gasteiger partial charge in [0.15, 0.2) is 3.95 Å². The summed E-state index contributed by atoms with van der Waals surface area (Å²) in [5, 5.41) is 19.1. The highest BCUT2D eigenvalue weighted by Crippen LogP contribution is 2.29. The van der Waals surface area contributed by atoms with Gasteiger partial charge in [-0.15, -0.1) is 11.3 Å². The number of carboxylic acids is 1. The van der Waals surface area contributed by atoms with Gasteiger partial charge in [0.25, 0.3) is 0 Å². The van der Waals surface area contributed by atoms with Gasteiger partial charge in [-0.2, -0.15) is 0 Å². The molecule has 1 saturated heterocycles. The van der Waals surface area contributed by atoms with Gasteiger partial charge in [-0.3, -0.25) is 9.36 Å². The molecule has 7 nitrogen and oxygen atoms in total. The molecule has 2 heterocycles. The van der Waals surface area contributed by atoms with E-state index in [1.54, 1.807) is 9.47 Å². The molecule has 0 aromatic carbocycles. The number of likely N-dealkylation sites (tertiary alicyclic amines) is 1. The van der Waals surface area contributed by atoms with Crippen LogP contribution in [0.15, 0.2) is 6.08 Å². The number of hydrogen-bond donors (Lipinski definition) is 2. The summed E-state index contributed by atoms with van der Waals surface area (Å²) in [6.07, 6.45) is 5.84. The minimum Gasteiger partial charge on any atom is -0.493 e. The van der Waals surface area contributed by atoms with E-state index in [1.165, 1.54) is 11.3 Å². The van der Waals surface area contributed by atoms with E-state index in [1.807, 2.05) is 32.9 Å². The number of aromatic nitrogens is 1. The second kappa shape index (κ2) is 9.56. The van der Waals surface area contributed by atoms with Crippen LogP contribution in [0.4, 0.5) is 4.79 Å². The molecule has 1 fully saturated rings. The van der Waals surface area contributed by atoms with Crippen LogP contribution in [0.5, 0.6) is 5.88 Å². The average Bonchev–Trinajstić information content (AvgIpc) is 2.86. The fraction of sp³-hybridized carbons (Fsp3) is 0.632. The Bertz CT molecular complexity index is 791. The molecule has 1 amide bonds. The lowest BCUT2D eigenvalue weighted by molar-refractivity contribution is -0.137. The molecule has 0 spiro atoms. The Balaban J connectivity index is 2.00. The van der Waals surface area contributed by atoms with Crippen LogP contribution in [0.25, 0.3) is 6.08 Å². The number of carbonyl (C=O) groups is 2. The third kappa shape index (κ3) is 6.63. The molecule has 1 aromatic heterocycles. The monoisotopic (exact) mass is 428 g/mol. The van der Waals surface area contributed by atoms with E-state index in [0.717, 1.165) is 12.8 Å². The first-order valence-corrected chi connectivity index (χ1v) is 10.6. The number of hydrogen-bond acceptors (Lipinski definition) is 6. The quantitative estimate of drug-likeness (QED) is 0.648. The second-order valence-corrected chi connectivity index (χ2v) is 9.57. The molecule has 1 atom stereocenters. The van der Waals surface area contributed by atoms with E-state index in [9.17, 15) is 14.7 Å². The van der Waals surface area contributed by atoms with Crippen molar-refractivity contribution in [3.05, 3.63) is 14.9 Å². The molecule has 28 heavy (non-hydrogen) atoms. The maximum Gasteiger partial charge on any atom is 0.410 e. The van der Waals surface area contributed by atoms with Crippen molar-refractivity contribution < 1.29 is 24.5 Å². The molecule has 1 aromatic rings. The van der Waals surface area contributed by atoms with Crippen LogP contribution < -0.4 is 0 Å². The van der Waals surface area contributed by atoms with Gasteiger partial charge in [0.05, 0.1) is 4.88 Å². The lowest BCUT2D eigenvalue weighted by Crippen LogP contribution is -2.42. The number of aromatic hydroxyl groups is 1. The van der Waals surface area contributed by atoms with Gasteiger partial charge in [0.2, 0.25) is 5.88 Å². The van der Waals surface area contributed by atoms with Crippen LogP contribution in [0.1, 0.15) is 51.3 Å². The standard InChI is InChI=1S/C19H28N2O5S2/c1-19(2,3)26-17(25)20-10-4-6-13(12-20)8-9-14-16(24)21(18(27)28-14)11-5-7-15(22)23/h8-9,13,24H,4-7,10-12H2,1-3H3,(H,22,23). The topological polar surface area (TPSA) is 92.0 Å². The molecule has 0 saturated carbocycles. The SMILES string of the molecule is CC(C)(C)OC(=O)N1CCCC(C=Cc2sc(=S)n(CCCC(=O)O)c2O)C1. The summed E-state index contributed by atoms with van der Waals surface area (Å²) in [6.45, 7) is 7.19. The highest BCUT2D eigenvalue weighted by atomic mass is 32.1. The summed E-state index contributed by atoms with van der Waals surface area (Å²) in [7, 11) is 0. The van der Waals surface area contributed by atoms with Crippen molar-refractivity contribution in [1.82, 2.24) is 9.47 Å². The highest BCUT2D eigenvalue weighted by Gasteiger charge is 2.26. The number of rotatable bonds is 6. The van der Waals surface area contributed by atoms with Crippen LogP contribution in [0.3, 0.4) is 0 Å². The fourth-order valence-corrected chi connectivity index (χ4v) is 4.26. The normalized spacial score (nSPS) is 17.8. The Morgan fingerprint density at radius 1 is 1.39 bits per heavy atom. The minimum atomic E-state index is -0.867. The molecule has 1 aliphatic rings. The van der Waals surface area contributed by atoms with Gasteiger partial charge in [-0.25, -0.2) is 4.79 Å². The molecule has 2 rings (SSSR count). The molecule has 0 radical (unpaired) electrons. The first kappa shape index (κ1) is 22.4. The van der Waals surface area contributed by atoms with Crippen molar-refractivity contribution >= 4 is 41.7 Å². The number of thiazole rings is 1. The van der Waals surface area contributed by atoms with E-state index < -0.39 is 11.6 Å². The van der Waals surface area contributed by atoms with Gasteiger partial charge in [0, 0.05) is 26.1 Å². The van der Waals surface area contributed by atoms with Gasteiger partial charge in [-0.1, -0.05) is 6.08 Å². The summed E-state index contributed by atoms with van der Waals surface area (Å²) in [6, 6.07) is 0. The maximum absolute atomic E-state index is 12.3. The predicted octanol–water partition coefficient (Wildman–Crippen LogP) is 4.51. The minimum absolute atomic E-state index is 0.0325. The molecule has 9 heteroatoms. The smallest absolute Gasteiger partial charge is 0.410 e. The zero-order valence-electron chi connectivity index (χ0n) is 16.5. The van der Waals surface area contributed by atoms with Crippen LogP contribution in [-0.2, 0) is 16.1 Å². The molecule has 1 aliphatic heterocycles. The van der Waals surface area contributed by atoms with E-state index in [-0.39, 0.29) is 24.3 Å². The van der Waals surface area contributed by atoms with Gasteiger partial charge >= 0.3 is 12.1 Å². The van der Waals surface area contributed by atoms with Gasteiger partial charge in [0.1, 0.15) is 5.60 Å². The number of amides is 1. The van der Waals surface area contributed by atoms with Crippen molar-refractivity contribution in [2.75, 3.05) is 13.1 Å². The Labute approximate surface area is 174 Å². The van der Waals surface area contributed by atoms with Gasteiger partial charge < -0.3 is 19.8 Å². The van der Waals surface area contributed by atoms with Crippen LogP contribution in [0.2, 0.25) is 0 Å². The summed E-state index contributed by atoms with van der Waals surface area (Å²) in [4.78, 5) is 25.3. The first-order valence-electron chi connectivity index (χ1n) is 9.37. The number of piperidine rings is 1. The average molecular weight is 429 g/mol. The molecule has 0 aliphatic carbocycles. The van der Waals surface area contributed by atoms with Crippen LogP contribution in [0, 0.1) is 9.87 Å². The van der Waals surface area contributed by atoms with E-state index in [4.69, 9.17) is 22.1 Å². The summed E-state index contributed by atoms with van der Waals surface area (Å²) in [5.74, 6) is -0.624. The van der Waals surface area contributed by atoms with Gasteiger partial charge in [-0.05, 0) is 64.2 Å². The number of ether oxygens (including phenoxy) is 1. The first-order chi connectivity index (χ1) is 13.1. The molecular formula is C19H28N2O5S2. The Morgan fingerprint density at radius 2 is 2.11 bits per heavy atom.